The van der Waals surface area contributed by atoms with Gasteiger partial charge >= 0.3 is 12.1 Å². The van der Waals surface area contributed by atoms with Crippen LogP contribution < -0.4 is 10.9 Å². The molecular weight excluding hydrogens is 437 g/mol. The van der Waals surface area contributed by atoms with Gasteiger partial charge in [0.05, 0.1) is 23.0 Å². The smallest absolute Gasteiger partial charge is 0.417 e. The van der Waals surface area contributed by atoms with Gasteiger partial charge in [0.25, 0.3) is 5.56 Å². The summed E-state index contributed by atoms with van der Waals surface area (Å²) in [7, 11) is 0. The van der Waals surface area contributed by atoms with Crippen LogP contribution in [-0.2, 0) is 6.18 Å². The van der Waals surface area contributed by atoms with E-state index in [1.54, 1.807) is 37.3 Å². The molecule has 0 aliphatic heterocycles. The van der Waals surface area contributed by atoms with Gasteiger partial charge in [0.2, 0.25) is 0 Å². The van der Waals surface area contributed by atoms with Crippen LogP contribution in [0.5, 0.6) is 0 Å². The Bertz CT molecular complexity index is 1400. The molecule has 0 bridgehead atoms. The number of alkyl halides is 3. The molecule has 4 rings (SSSR count). The number of carboxylic acids is 1. The third-order valence-electron chi connectivity index (χ3n) is 5.04. The van der Waals surface area contributed by atoms with Crippen LogP contribution in [0.25, 0.3) is 16.9 Å². The van der Waals surface area contributed by atoms with Crippen molar-refractivity contribution in [2.24, 2.45) is 0 Å². The molecule has 1 aromatic carbocycles. The summed E-state index contributed by atoms with van der Waals surface area (Å²) in [5.74, 6) is -1.29. The predicted octanol–water partition coefficient (Wildman–Crippen LogP) is 4.65. The number of halogens is 3. The minimum atomic E-state index is -4.71. The van der Waals surface area contributed by atoms with E-state index in [1.807, 2.05) is 0 Å². The highest BCUT2D eigenvalue weighted by Gasteiger charge is 2.33. The van der Waals surface area contributed by atoms with Crippen molar-refractivity contribution < 1.29 is 23.1 Å². The summed E-state index contributed by atoms with van der Waals surface area (Å²) >= 11 is 0. The number of aromatic carboxylic acids is 1. The third kappa shape index (κ3) is 4.40. The van der Waals surface area contributed by atoms with Gasteiger partial charge in [-0.3, -0.25) is 9.20 Å². The normalized spacial score (nSPS) is 12.5. The first-order valence-corrected chi connectivity index (χ1v) is 9.80. The van der Waals surface area contributed by atoms with Crippen molar-refractivity contribution in [3.8, 4) is 11.3 Å². The number of carboxylic acid groups (broad SMARTS) is 1. The van der Waals surface area contributed by atoms with Crippen molar-refractivity contribution in [1.29, 1.82) is 0 Å². The highest BCUT2D eigenvalue weighted by Crippen LogP contribution is 2.33. The molecule has 0 saturated carbocycles. The van der Waals surface area contributed by atoms with E-state index in [9.17, 15) is 27.9 Å². The van der Waals surface area contributed by atoms with Gasteiger partial charge in [0.1, 0.15) is 5.65 Å². The summed E-state index contributed by atoms with van der Waals surface area (Å²) in [4.78, 5) is 32.5. The molecule has 0 saturated heterocycles. The topological polar surface area (TPSA) is 96.6 Å². The second-order valence-electron chi connectivity index (χ2n) is 7.29. The van der Waals surface area contributed by atoms with E-state index >= 15 is 0 Å². The molecule has 3 aromatic heterocycles. The molecule has 1 atom stereocenters. The maximum Gasteiger partial charge on any atom is 0.417 e. The van der Waals surface area contributed by atoms with Crippen LogP contribution in [0.3, 0.4) is 0 Å². The summed E-state index contributed by atoms with van der Waals surface area (Å²) < 4.78 is 41.6. The molecule has 2 N–H and O–H groups in total. The number of pyridine rings is 2. The number of nitrogens with one attached hydrogen (secondary N) is 1. The molecule has 10 heteroatoms. The van der Waals surface area contributed by atoms with Crippen LogP contribution >= 0.6 is 0 Å². The first kappa shape index (κ1) is 22.0. The average molecular weight is 454 g/mol. The van der Waals surface area contributed by atoms with E-state index in [0.29, 0.717) is 17.5 Å². The van der Waals surface area contributed by atoms with Gasteiger partial charge < -0.3 is 10.4 Å². The molecule has 7 nitrogen and oxygen atoms in total. The summed E-state index contributed by atoms with van der Waals surface area (Å²) in [6, 6.07) is 13.0. The molecule has 168 valence electrons. The standard InChI is InChI=1S/C23H17F3N4O3/c1-13(28-17-8-5-9-27-20(17)22(32)33)16-10-15(23(24,25)26)12-30-19(31)11-18(29-21(16)30)14-6-3-2-4-7-14/h2-13,28H,1H3,(H,32,33)/t13-/m1/s1. The lowest BCUT2D eigenvalue weighted by molar-refractivity contribution is -0.137. The van der Waals surface area contributed by atoms with Gasteiger partial charge in [-0.05, 0) is 25.1 Å². The summed E-state index contributed by atoms with van der Waals surface area (Å²) in [5.41, 5.74) is -0.837. The maximum atomic E-state index is 13.6. The van der Waals surface area contributed by atoms with Crippen LogP contribution in [0.1, 0.15) is 34.6 Å². The molecule has 0 amide bonds. The lowest BCUT2D eigenvalue weighted by atomic mass is 10.1. The Balaban J connectivity index is 1.92. The summed E-state index contributed by atoms with van der Waals surface area (Å²) in [5, 5.41) is 12.3. The van der Waals surface area contributed by atoms with E-state index in [4.69, 9.17) is 0 Å². The van der Waals surface area contributed by atoms with Crippen LogP contribution in [0.4, 0.5) is 18.9 Å². The lowest BCUT2D eigenvalue weighted by Gasteiger charge is -2.20. The number of aromatic nitrogens is 3. The van der Waals surface area contributed by atoms with Crippen molar-refractivity contribution in [3.05, 3.63) is 94.2 Å². The Kier molecular flexibility index (Phi) is 5.59. The first-order valence-electron chi connectivity index (χ1n) is 9.80. The quantitative estimate of drug-likeness (QED) is 0.456. The molecule has 33 heavy (non-hydrogen) atoms. The Morgan fingerprint density at radius 2 is 1.85 bits per heavy atom. The van der Waals surface area contributed by atoms with Gasteiger partial charge in [-0.25, -0.2) is 14.8 Å². The second kappa shape index (κ2) is 8.38. The zero-order valence-corrected chi connectivity index (χ0v) is 17.2. The van der Waals surface area contributed by atoms with Crippen LogP contribution in [0.15, 0.2) is 71.8 Å². The molecule has 0 radical (unpaired) electrons. The number of benzene rings is 1. The average Bonchev–Trinajstić information content (AvgIpc) is 2.78. The van der Waals surface area contributed by atoms with Crippen LogP contribution in [0.2, 0.25) is 0 Å². The SMILES string of the molecule is C[C@@H](Nc1cccnc1C(=O)O)c1cc(C(F)(F)F)cn2c(=O)cc(-c3ccccc3)nc12. The Hall–Kier alpha value is -4.21. The number of hydrogen-bond donors (Lipinski definition) is 2. The van der Waals surface area contributed by atoms with Crippen molar-refractivity contribution in [3.63, 3.8) is 0 Å². The van der Waals surface area contributed by atoms with Crippen LogP contribution in [-0.4, -0.2) is 25.4 Å². The van der Waals surface area contributed by atoms with E-state index in [1.165, 1.54) is 24.4 Å². The van der Waals surface area contributed by atoms with Gasteiger partial charge in [-0.15, -0.1) is 0 Å². The molecule has 0 aliphatic rings. The van der Waals surface area contributed by atoms with Gasteiger partial charge in [-0.1, -0.05) is 30.3 Å². The molecule has 3 heterocycles. The van der Waals surface area contributed by atoms with Gasteiger partial charge in [0.15, 0.2) is 5.69 Å². The Morgan fingerprint density at radius 1 is 1.12 bits per heavy atom. The van der Waals surface area contributed by atoms with E-state index in [-0.39, 0.29) is 22.6 Å². The van der Waals surface area contributed by atoms with Crippen molar-refractivity contribution in [1.82, 2.24) is 14.4 Å². The molecule has 0 aliphatic carbocycles. The molecule has 0 fully saturated rings. The van der Waals surface area contributed by atoms with Crippen LogP contribution in [0, 0.1) is 0 Å². The zero-order valence-electron chi connectivity index (χ0n) is 17.2. The van der Waals surface area contributed by atoms with Gasteiger partial charge in [0, 0.05) is 29.6 Å². The molecular formula is C23H17F3N4O3. The van der Waals surface area contributed by atoms with Crippen molar-refractivity contribution >= 4 is 17.3 Å². The number of rotatable bonds is 5. The highest BCUT2D eigenvalue weighted by molar-refractivity contribution is 5.91. The fourth-order valence-corrected chi connectivity index (χ4v) is 3.46. The third-order valence-corrected chi connectivity index (χ3v) is 5.04. The largest absolute Gasteiger partial charge is 0.476 e. The zero-order chi connectivity index (χ0) is 23.8. The number of nitrogens with zero attached hydrogens (tertiary/aromatic N) is 3. The summed E-state index contributed by atoms with van der Waals surface area (Å²) in [6.45, 7) is 1.55. The van der Waals surface area contributed by atoms with E-state index in [2.05, 4.69) is 15.3 Å². The highest BCUT2D eigenvalue weighted by atomic mass is 19.4. The minimum Gasteiger partial charge on any atom is -0.476 e. The lowest BCUT2D eigenvalue weighted by Crippen LogP contribution is -2.21. The fourth-order valence-electron chi connectivity index (χ4n) is 3.46. The summed E-state index contributed by atoms with van der Waals surface area (Å²) in [6.07, 6.45) is -2.70. The molecule has 0 unspecified atom stereocenters. The maximum absolute atomic E-state index is 13.6. The molecule has 0 spiro atoms. The monoisotopic (exact) mass is 454 g/mol. The minimum absolute atomic E-state index is 0.0233. The number of carbonyl (C=O) groups is 1. The fraction of sp³-hybridized carbons (Fsp3) is 0.130. The predicted molar refractivity (Wildman–Crippen MR) is 115 cm³/mol. The second-order valence-corrected chi connectivity index (χ2v) is 7.29. The number of fused-ring (bicyclic) bond motifs is 1. The molecule has 4 aromatic rings. The number of hydrogen-bond acceptors (Lipinski definition) is 5. The number of anilines is 1. The van der Waals surface area contributed by atoms with Gasteiger partial charge in [-0.2, -0.15) is 13.2 Å². The first-order chi connectivity index (χ1) is 15.6. The Morgan fingerprint density at radius 3 is 2.52 bits per heavy atom. The van der Waals surface area contributed by atoms with E-state index in [0.717, 1.165) is 10.5 Å². The Labute approximate surface area is 185 Å². The van der Waals surface area contributed by atoms with Crippen molar-refractivity contribution in [2.45, 2.75) is 19.1 Å². The van der Waals surface area contributed by atoms with Crippen molar-refractivity contribution in [2.75, 3.05) is 5.32 Å². The van der Waals surface area contributed by atoms with E-state index < -0.39 is 29.3 Å².